The Hall–Kier alpha value is -3.16. The zero-order valence-electron chi connectivity index (χ0n) is 13.5. The first kappa shape index (κ1) is 17.7. The molecule has 0 fully saturated rings. The van der Waals surface area contributed by atoms with Gasteiger partial charge in [0.1, 0.15) is 0 Å². The number of carbonyl (C=O) groups is 1. The highest BCUT2D eigenvalue weighted by Gasteiger charge is 2.29. The molecule has 134 valence electrons. The molecule has 0 atom stereocenters. The molecule has 8 heteroatoms. The van der Waals surface area contributed by atoms with Crippen molar-refractivity contribution in [2.75, 3.05) is 0 Å². The molecule has 0 aliphatic heterocycles. The molecule has 5 nitrogen and oxygen atoms in total. The van der Waals surface area contributed by atoms with E-state index in [0.717, 1.165) is 23.3 Å². The lowest BCUT2D eigenvalue weighted by atomic mass is 10.0. The van der Waals surface area contributed by atoms with Crippen LogP contribution < -0.4 is 5.73 Å². The maximum absolute atomic E-state index is 12.6. The first-order valence-electron chi connectivity index (χ1n) is 7.72. The van der Waals surface area contributed by atoms with E-state index in [2.05, 4.69) is 10.1 Å². The molecule has 0 aliphatic rings. The second-order valence-electron chi connectivity index (χ2n) is 5.65. The fourth-order valence-corrected chi connectivity index (χ4v) is 2.42. The molecule has 0 saturated heterocycles. The Balaban J connectivity index is 1.65. The van der Waals surface area contributed by atoms with Crippen LogP contribution in [-0.4, -0.2) is 16.0 Å². The number of primary amides is 1. The van der Waals surface area contributed by atoms with Gasteiger partial charge in [-0.25, -0.2) is 0 Å². The van der Waals surface area contributed by atoms with Gasteiger partial charge in [0.05, 0.1) is 5.56 Å². The van der Waals surface area contributed by atoms with Crippen LogP contribution in [0.15, 0.2) is 53.1 Å². The molecule has 3 aromatic rings. The van der Waals surface area contributed by atoms with Crippen LogP contribution in [0.25, 0.3) is 11.1 Å². The van der Waals surface area contributed by atoms with Crippen LogP contribution in [-0.2, 0) is 19.0 Å². The van der Waals surface area contributed by atoms with E-state index in [1.54, 1.807) is 0 Å². The number of rotatable bonds is 5. The van der Waals surface area contributed by atoms with Gasteiger partial charge >= 0.3 is 6.18 Å². The lowest BCUT2D eigenvalue weighted by molar-refractivity contribution is -0.137. The zero-order chi connectivity index (χ0) is 18.7. The Bertz CT molecular complexity index is 901. The molecule has 0 bridgehead atoms. The van der Waals surface area contributed by atoms with Crippen molar-refractivity contribution in [2.45, 2.75) is 19.0 Å². The van der Waals surface area contributed by atoms with Gasteiger partial charge < -0.3 is 10.3 Å². The second kappa shape index (κ2) is 6.99. The fraction of sp³-hybridized carbons (Fsp3) is 0.167. The summed E-state index contributed by atoms with van der Waals surface area (Å²) in [4.78, 5) is 14.8. The van der Waals surface area contributed by atoms with E-state index in [1.807, 2.05) is 24.3 Å². The standard InChI is InChI=1S/C18H14F3N3O2/c19-18(20,21)14-8-6-13(7-9-14)12-4-1-11(2-5-12)3-10-15-23-17(16(22)25)24-26-15/h1-2,4-9H,3,10H2,(H2,22,25). The summed E-state index contributed by atoms with van der Waals surface area (Å²) >= 11 is 0. The SMILES string of the molecule is NC(=O)c1noc(CCc2ccc(-c3ccc(C(F)(F)F)cc3)cc2)n1. The smallest absolute Gasteiger partial charge is 0.363 e. The van der Waals surface area contributed by atoms with Gasteiger partial charge in [0.25, 0.3) is 11.7 Å². The van der Waals surface area contributed by atoms with E-state index in [-0.39, 0.29) is 5.82 Å². The Labute approximate surface area is 146 Å². The van der Waals surface area contributed by atoms with Crippen molar-refractivity contribution in [3.63, 3.8) is 0 Å². The summed E-state index contributed by atoms with van der Waals surface area (Å²) in [6, 6.07) is 12.4. The first-order chi connectivity index (χ1) is 12.3. The van der Waals surface area contributed by atoms with E-state index in [4.69, 9.17) is 10.3 Å². The number of aromatic nitrogens is 2. The maximum Gasteiger partial charge on any atom is 0.416 e. The number of hydrogen-bond donors (Lipinski definition) is 1. The van der Waals surface area contributed by atoms with Crippen molar-refractivity contribution >= 4 is 5.91 Å². The van der Waals surface area contributed by atoms with Crippen LogP contribution >= 0.6 is 0 Å². The summed E-state index contributed by atoms with van der Waals surface area (Å²) in [5.41, 5.74) is 6.88. The molecule has 2 N–H and O–H groups in total. The Kier molecular flexibility index (Phi) is 4.75. The van der Waals surface area contributed by atoms with Gasteiger partial charge in [-0.15, -0.1) is 0 Å². The summed E-state index contributed by atoms with van der Waals surface area (Å²) < 4.78 is 42.7. The zero-order valence-corrected chi connectivity index (χ0v) is 13.5. The second-order valence-corrected chi connectivity index (χ2v) is 5.65. The molecule has 1 amide bonds. The van der Waals surface area contributed by atoms with Crippen LogP contribution in [0, 0.1) is 0 Å². The van der Waals surface area contributed by atoms with Crippen LogP contribution in [0.3, 0.4) is 0 Å². The van der Waals surface area contributed by atoms with Gasteiger partial charge in [0, 0.05) is 6.42 Å². The van der Waals surface area contributed by atoms with Gasteiger partial charge in [-0.2, -0.15) is 18.2 Å². The van der Waals surface area contributed by atoms with Crippen molar-refractivity contribution in [3.8, 4) is 11.1 Å². The Morgan fingerprint density at radius 3 is 2.04 bits per heavy atom. The summed E-state index contributed by atoms with van der Waals surface area (Å²) in [5.74, 6) is -0.593. The molecular weight excluding hydrogens is 347 g/mol. The number of nitrogens with zero attached hydrogens (tertiary/aromatic N) is 2. The highest BCUT2D eigenvalue weighted by atomic mass is 19.4. The molecule has 0 saturated carbocycles. The molecule has 1 heterocycles. The lowest BCUT2D eigenvalue weighted by Gasteiger charge is -2.08. The maximum atomic E-state index is 12.6. The highest BCUT2D eigenvalue weighted by Crippen LogP contribution is 2.31. The number of alkyl halides is 3. The minimum atomic E-state index is -4.34. The molecule has 2 aromatic carbocycles. The number of carbonyl (C=O) groups excluding carboxylic acids is 1. The number of amides is 1. The van der Waals surface area contributed by atoms with Crippen molar-refractivity contribution in [1.29, 1.82) is 0 Å². The van der Waals surface area contributed by atoms with Crippen LogP contribution in [0.2, 0.25) is 0 Å². The summed E-state index contributed by atoms with van der Waals surface area (Å²) in [6.07, 6.45) is -3.29. The number of nitrogens with two attached hydrogens (primary N) is 1. The quantitative estimate of drug-likeness (QED) is 0.752. The number of benzene rings is 2. The monoisotopic (exact) mass is 361 g/mol. The number of aryl methyl sites for hydroxylation is 2. The van der Waals surface area contributed by atoms with Gasteiger partial charge in [-0.05, 0) is 35.2 Å². The van der Waals surface area contributed by atoms with Crippen molar-refractivity contribution < 1.29 is 22.5 Å². The molecule has 0 radical (unpaired) electrons. The normalized spacial score (nSPS) is 11.5. The molecule has 26 heavy (non-hydrogen) atoms. The molecule has 0 aliphatic carbocycles. The summed E-state index contributed by atoms with van der Waals surface area (Å²) in [7, 11) is 0. The third kappa shape index (κ3) is 4.08. The fourth-order valence-electron chi connectivity index (χ4n) is 2.42. The molecule has 3 rings (SSSR count). The molecular formula is C18H14F3N3O2. The summed E-state index contributed by atoms with van der Waals surface area (Å²) in [5, 5.41) is 3.47. The average Bonchev–Trinajstić information content (AvgIpc) is 3.09. The van der Waals surface area contributed by atoms with E-state index < -0.39 is 17.6 Å². The number of halogens is 3. The molecule has 0 unspecified atom stereocenters. The minimum absolute atomic E-state index is 0.155. The average molecular weight is 361 g/mol. The number of hydrogen-bond acceptors (Lipinski definition) is 4. The van der Waals surface area contributed by atoms with Gasteiger partial charge in [0.15, 0.2) is 0 Å². The predicted molar refractivity (Wildman–Crippen MR) is 87.1 cm³/mol. The third-order valence-corrected chi connectivity index (χ3v) is 3.82. The van der Waals surface area contributed by atoms with Gasteiger partial charge in [0.2, 0.25) is 5.89 Å². The van der Waals surface area contributed by atoms with Crippen LogP contribution in [0.4, 0.5) is 13.2 Å². The van der Waals surface area contributed by atoms with Crippen LogP contribution in [0.5, 0.6) is 0 Å². The molecule has 1 aromatic heterocycles. The van der Waals surface area contributed by atoms with Gasteiger partial charge in [-0.1, -0.05) is 41.6 Å². The van der Waals surface area contributed by atoms with Crippen molar-refractivity contribution in [3.05, 3.63) is 71.4 Å². The van der Waals surface area contributed by atoms with E-state index in [0.29, 0.717) is 24.3 Å². The predicted octanol–water partition coefficient (Wildman–Crippen LogP) is 3.64. The largest absolute Gasteiger partial charge is 0.416 e. The topological polar surface area (TPSA) is 82.0 Å². The van der Waals surface area contributed by atoms with Gasteiger partial charge in [-0.3, -0.25) is 4.79 Å². The van der Waals surface area contributed by atoms with Crippen molar-refractivity contribution in [1.82, 2.24) is 10.1 Å². The lowest BCUT2D eigenvalue weighted by Crippen LogP contribution is -2.12. The summed E-state index contributed by atoms with van der Waals surface area (Å²) in [6.45, 7) is 0. The highest BCUT2D eigenvalue weighted by molar-refractivity contribution is 5.88. The van der Waals surface area contributed by atoms with E-state index in [1.165, 1.54) is 12.1 Å². The first-order valence-corrected chi connectivity index (χ1v) is 7.72. The van der Waals surface area contributed by atoms with Crippen LogP contribution in [0.1, 0.15) is 27.6 Å². The minimum Gasteiger partial charge on any atom is -0.363 e. The third-order valence-electron chi connectivity index (χ3n) is 3.82. The van der Waals surface area contributed by atoms with E-state index >= 15 is 0 Å². The Morgan fingerprint density at radius 1 is 0.962 bits per heavy atom. The van der Waals surface area contributed by atoms with E-state index in [9.17, 15) is 18.0 Å². The Morgan fingerprint density at radius 2 is 1.54 bits per heavy atom. The molecule has 0 spiro atoms. The van der Waals surface area contributed by atoms with Crippen molar-refractivity contribution in [2.24, 2.45) is 5.73 Å².